The van der Waals surface area contributed by atoms with Crippen molar-refractivity contribution in [2.45, 2.75) is 25.6 Å². The minimum atomic E-state index is -0.629. The molecule has 1 aromatic carbocycles. The van der Waals surface area contributed by atoms with Crippen molar-refractivity contribution in [3.05, 3.63) is 23.8 Å². The third-order valence-electron chi connectivity index (χ3n) is 3.62. The van der Waals surface area contributed by atoms with Gasteiger partial charge in [-0.25, -0.2) is 0 Å². The zero-order valence-corrected chi connectivity index (χ0v) is 13.3. The van der Waals surface area contributed by atoms with E-state index in [1.807, 2.05) is 6.92 Å². The van der Waals surface area contributed by atoms with Crippen LogP contribution in [0.2, 0.25) is 0 Å². The molecule has 1 aliphatic rings. The molecule has 1 aromatic rings. The number of hydrogen-bond acceptors (Lipinski definition) is 5. The molecule has 1 saturated heterocycles. The summed E-state index contributed by atoms with van der Waals surface area (Å²) in [5.41, 5.74) is 0.392. The summed E-state index contributed by atoms with van der Waals surface area (Å²) in [7, 11) is 3.05. The number of methoxy groups -OCH3 is 2. The smallest absolute Gasteiger partial charge is 0.258 e. The van der Waals surface area contributed by atoms with E-state index in [4.69, 9.17) is 18.9 Å². The molecule has 1 amide bonds. The largest absolute Gasteiger partial charge is 0.496 e. The number of nitrogens with one attached hydrogen (secondary N) is 1. The topological polar surface area (TPSA) is 66.0 Å². The van der Waals surface area contributed by atoms with Gasteiger partial charge in [-0.05, 0) is 25.5 Å². The number of hydrogen-bond donors (Lipinski definition) is 1. The van der Waals surface area contributed by atoms with Crippen molar-refractivity contribution >= 4 is 5.91 Å². The van der Waals surface area contributed by atoms with Crippen molar-refractivity contribution in [2.75, 3.05) is 34.0 Å². The van der Waals surface area contributed by atoms with Gasteiger partial charge < -0.3 is 24.3 Å². The summed E-state index contributed by atoms with van der Waals surface area (Å²) in [5, 5.41) is 2.86. The first kappa shape index (κ1) is 16.6. The molecule has 22 heavy (non-hydrogen) atoms. The number of carbonyl (C=O) groups is 1. The monoisotopic (exact) mass is 309 g/mol. The van der Waals surface area contributed by atoms with Gasteiger partial charge in [0.05, 0.1) is 27.4 Å². The molecule has 0 bridgehead atoms. The van der Waals surface area contributed by atoms with Gasteiger partial charge in [-0.2, -0.15) is 0 Å². The fraction of sp³-hybridized carbons (Fsp3) is 0.562. The van der Waals surface area contributed by atoms with E-state index in [-0.39, 0.29) is 5.91 Å². The molecule has 6 nitrogen and oxygen atoms in total. The Kier molecular flexibility index (Phi) is 5.63. The summed E-state index contributed by atoms with van der Waals surface area (Å²) in [6, 6.07) is 5.23. The van der Waals surface area contributed by atoms with Gasteiger partial charge in [0.15, 0.2) is 5.79 Å². The predicted octanol–water partition coefficient (Wildman–Crippen LogP) is 1.98. The second kappa shape index (κ2) is 7.47. The van der Waals surface area contributed by atoms with Crippen molar-refractivity contribution in [3.8, 4) is 11.5 Å². The highest BCUT2D eigenvalue weighted by Crippen LogP contribution is 2.28. The highest BCUT2D eigenvalue weighted by Gasteiger charge is 2.29. The molecule has 0 spiro atoms. The fourth-order valence-electron chi connectivity index (χ4n) is 2.39. The zero-order chi connectivity index (χ0) is 16.0. The Labute approximate surface area is 130 Å². The number of rotatable bonds is 6. The maximum absolute atomic E-state index is 12.4. The predicted molar refractivity (Wildman–Crippen MR) is 81.4 cm³/mol. The van der Waals surface area contributed by atoms with E-state index in [1.54, 1.807) is 18.2 Å². The van der Waals surface area contributed by atoms with Crippen molar-refractivity contribution in [3.63, 3.8) is 0 Å². The summed E-state index contributed by atoms with van der Waals surface area (Å²) < 4.78 is 21.7. The van der Waals surface area contributed by atoms with Gasteiger partial charge in [-0.15, -0.1) is 0 Å². The Balaban J connectivity index is 1.97. The Hall–Kier alpha value is -1.79. The molecular formula is C16H23NO5. The number of ether oxygens (including phenoxy) is 4. The Bertz CT molecular complexity index is 489. The summed E-state index contributed by atoms with van der Waals surface area (Å²) in [6.45, 7) is 3.70. The van der Waals surface area contributed by atoms with Crippen LogP contribution in [-0.4, -0.2) is 45.7 Å². The van der Waals surface area contributed by atoms with Crippen molar-refractivity contribution in [1.29, 1.82) is 0 Å². The van der Waals surface area contributed by atoms with E-state index in [0.29, 0.717) is 43.2 Å². The summed E-state index contributed by atoms with van der Waals surface area (Å²) in [6.07, 6.45) is 1.48. The first-order valence-corrected chi connectivity index (χ1v) is 7.37. The third-order valence-corrected chi connectivity index (χ3v) is 3.62. The second-order valence-corrected chi connectivity index (χ2v) is 5.23. The number of amides is 1. The van der Waals surface area contributed by atoms with E-state index in [2.05, 4.69) is 5.32 Å². The van der Waals surface area contributed by atoms with Gasteiger partial charge in [0.2, 0.25) is 0 Å². The first-order valence-electron chi connectivity index (χ1n) is 7.37. The lowest BCUT2D eigenvalue weighted by Crippen LogP contribution is -2.41. The average Bonchev–Trinajstić information content (AvgIpc) is 2.54. The highest BCUT2D eigenvalue weighted by atomic mass is 16.7. The van der Waals surface area contributed by atoms with Gasteiger partial charge in [0.1, 0.15) is 17.1 Å². The maximum atomic E-state index is 12.4. The van der Waals surface area contributed by atoms with Crippen LogP contribution in [0.15, 0.2) is 18.2 Å². The molecule has 0 radical (unpaired) electrons. The van der Waals surface area contributed by atoms with Crippen LogP contribution in [0.4, 0.5) is 0 Å². The second-order valence-electron chi connectivity index (χ2n) is 5.23. The van der Waals surface area contributed by atoms with Crippen molar-refractivity contribution in [2.24, 2.45) is 0 Å². The van der Waals surface area contributed by atoms with Crippen LogP contribution in [0.25, 0.3) is 0 Å². The molecule has 1 N–H and O–H groups in total. The first-order chi connectivity index (χ1) is 10.6. The van der Waals surface area contributed by atoms with E-state index < -0.39 is 5.79 Å². The van der Waals surface area contributed by atoms with Crippen LogP contribution in [0, 0.1) is 0 Å². The van der Waals surface area contributed by atoms with Crippen LogP contribution in [0.1, 0.15) is 30.1 Å². The molecule has 0 saturated carbocycles. The normalized spacial score (nSPS) is 16.9. The lowest BCUT2D eigenvalue weighted by molar-refractivity contribution is -0.257. The molecule has 0 unspecified atom stereocenters. The lowest BCUT2D eigenvalue weighted by Gasteiger charge is -2.33. The standard InChI is InChI=1S/C16H23NO5/c1-16(21-10-5-11-22-16)8-9-17-15(18)14-12(19-2)6-4-7-13(14)20-3/h4,6-7H,5,8-11H2,1-3H3,(H,17,18). The summed E-state index contributed by atoms with van der Waals surface area (Å²) in [4.78, 5) is 12.4. The molecule has 1 heterocycles. The van der Waals surface area contributed by atoms with Crippen LogP contribution < -0.4 is 14.8 Å². The molecule has 0 aromatic heterocycles. The average molecular weight is 309 g/mol. The van der Waals surface area contributed by atoms with E-state index in [0.717, 1.165) is 6.42 Å². The highest BCUT2D eigenvalue weighted by molar-refractivity contribution is 5.99. The minimum Gasteiger partial charge on any atom is -0.496 e. The molecule has 122 valence electrons. The van der Waals surface area contributed by atoms with Crippen LogP contribution in [0.5, 0.6) is 11.5 Å². The van der Waals surface area contributed by atoms with Gasteiger partial charge in [0.25, 0.3) is 5.91 Å². The third kappa shape index (κ3) is 3.90. The minimum absolute atomic E-state index is 0.242. The number of benzene rings is 1. The molecule has 1 aliphatic heterocycles. The summed E-state index contributed by atoms with van der Waals surface area (Å²) >= 11 is 0. The van der Waals surface area contributed by atoms with E-state index in [9.17, 15) is 4.79 Å². The molecule has 6 heteroatoms. The van der Waals surface area contributed by atoms with Crippen molar-refractivity contribution < 1.29 is 23.7 Å². The quantitative estimate of drug-likeness (QED) is 0.870. The van der Waals surface area contributed by atoms with Gasteiger partial charge in [0, 0.05) is 13.0 Å². The van der Waals surface area contributed by atoms with Gasteiger partial charge in [-0.3, -0.25) is 4.79 Å². The molecular weight excluding hydrogens is 286 g/mol. The van der Waals surface area contributed by atoms with Gasteiger partial charge in [-0.1, -0.05) is 6.07 Å². The Morgan fingerprint density at radius 1 is 1.23 bits per heavy atom. The fourth-order valence-corrected chi connectivity index (χ4v) is 2.39. The SMILES string of the molecule is COc1cccc(OC)c1C(=O)NCCC1(C)OCCCO1. The van der Waals surface area contributed by atoms with Crippen molar-refractivity contribution in [1.82, 2.24) is 5.32 Å². The molecule has 2 rings (SSSR count). The van der Waals surface area contributed by atoms with Crippen LogP contribution >= 0.6 is 0 Å². The molecule has 1 fully saturated rings. The van der Waals surface area contributed by atoms with Crippen LogP contribution in [-0.2, 0) is 9.47 Å². The zero-order valence-electron chi connectivity index (χ0n) is 13.3. The summed E-state index contributed by atoms with van der Waals surface area (Å²) in [5.74, 6) is 0.0892. The van der Waals surface area contributed by atoms with E-state index in [1.165, 1.54) is 14.2 Å². The Morgan fingerprint density at radius 3 is 2.36 bits per heavy atom. The lowest BCUT2D eigenvalue weighted by atomic mass is 10.1. The maximum Gasteiger partial charge on any atom is 0.258 e. The molecule has 0 atom stereocenters. The van der Waals surface area contributed by atoms with Gasteiger partial charge >= 0.3 is 0 Å². The number of carbonyl (C=O) groups excluding carboxylic acids is 1. The Morgan fingerprint density at radius 2 is 1.82 bits per heavy atom. The van der Waals surface area contributed by atoms with Crippen LogP contribution in [0.3, 0.4) is 0 Å². The van der Waals surface area contributed by atoms with E-state index >= 15 is 0 Å². The molecule has 0 aliphatic carbocycles.